The van der Waals surface area contributed by atoms with Crippen molar-refractivity contribution < 1.29 is 13.2 Å². The van der Waals surface area contributed by atoms with Crippen LogP contribution >= 0.6 is 0 Å². The number of fused-ring (bicyclic) bond motifs is 3. The maximum atomic E-state index is 13.0. The van der Waals surface area contributed by atoms with E-state index in [2.05, 4.69) is 16.6 Å². The number of rotatable bonds is 3. The normalized spacial score (nSPS) is 24.0. The van der Waals surface area contributed by atoms with Crippen LogP contribution in [0.3, 0.4) is 0 Å². The Balaban J connectivity index is 1.70. The average molecular weight is 375 g/mol. The number of H-pyrrole nitrogens is 1. The molecular weight excluding hydrogens is 348 g/mol. The molecule has 1 aromatic heterocycles. The molecule has 0 amide bonds. The van der Waals surface area contributed by atoms with Crippen LogP contribution < -0.4 is 4.72 Å². The van der Waals surface area contributed by atoms with Gasteiger partial charge in [0, 0.05) is 34.6 Å². The van der Waals surface area contributed by atoms with Crippen LogP contribution in [0.5, 0.6) is 0 Å². The first-order chi connectivity index (χ1) is 12.3. The minimum atomic E-state index is -3.57. The summed E-state index contributed by atoms with van der Waals surface area (Å²) in [6.07, 6.45) is 6.19. The summed E-state index contributed by atoms with van der Waals surface area (Å²) in [6, 6.07) is 3.57. The van der Waals surface area contributed by atoms with Gasteiger partial charge in [0.25, 0.3) is 0 Å². The van der Waals surface area contributed by atoms with E-state index in [4.69, 9.17) is 0 Å². The molecule has 0 atom stereocenters. The third kappa shape index (κ3) is 3.09. The maximum Gasteiger partial charge on any atom is 0.241 e. The van der Waals surface area contributed by atoms with Gasteiger partial charge >= 0.3 is 0 Å². The number of ketones is 1. The van der Waals surface area contributed by atoms with Crippen molar-refractivity contribution in [3.05, 3.63) is 29.0 Å². The molecule has 2 aliphatic rings. The van der Waals surface area contributed by atoms with Crippen molar-refractivity contribution in [1.29, 1.82) is 0 Å². The van der Waals surface area contributed by atoms with Crippen LogP contribution in [0, 0.1) is 12.8 Å². The second-order valence-electron chi connectivity index (χ2n) is 8.00. The van der Waals surface area contributed by atoms with Crippen LogP contribution in [0.25, 0.3) is 10.9 Å². The monoisotopic (exact) mass is 374 g/mol. The van der Waals surface area contributed by atoms with Crippen LogP contribution in [-0.4, -0.2) is 25.2 Å². The fourth-order valence-electron chi connectivity index (χ4n) is 4.39. The Morgan fingerprint density at radius 1 is 1.12 bits per heavy atom. The van der Waals surface area contributed by atoms with Crippen molar-refractivity contribution in [2.24, 2.45) is 5.92 Å². The van der Waals surface area contributed by atoms with Gasteiger partial charge in [-0.05, 0) is 69.1 Å². The number of carbonyl (C=O) groups is 1. The lowest BCUT2D eigenvalue weighted by atomic mass is 9.88. The molecule has 1 saturated carbocycles. The fraction of sp³-hybridized carbons (Fsp3) is 0.550. The molecule has 6 heteroatoms. The van der Waals surface area contributed by atoms with E-state index in [9.17, 15) is 13.2 Å². The molecule has 140 valence electrons. The molecule has 4 rings (SSSR count). The number of aryl methyl sites for hydroxylation is 2. The van der Waals surface area contributed by atoms with E-state index in [1.165, 1.54) is 0 Å². The highest BCUT2D eigenvalue weighted by Gasteiger charge is 2.28. The summed E-state index contributed by atoms with van der Waals surface area (Å²) in [5.41, 5.74) is 3.13. The maximum absolute atomic E-state index is 13.0. The number of benzene rings is 1. The summed E-state index contributed by atoms with van der Waals surface area (Å²) in [7, 11) is -3.57. The number of hydrogen-bond donors (Lipinski definition) is 2. The molecule has 0 bridgehead atoms. The summed E-state index contributed by atoms with van der Waals surface area (Å²) < 4.78 is 28.8. The second kappa shape index (κ2) is 6.50. The van der Waals surface area contributed by atoms with Gasteiger partial charge in [0.2, 0.25) is 10.0 Å². The van der Waals surface area contributed by atoms with Crippen molar-refractivity contribution in [1.82, 2.24) is 9.71 Å². The molecule has 0 spiro atoms. The Labute approximate surface area is 154 Å². The zero-order valence-electron chi connectivity index (χ0n) is 15.4. The van der Waals surface area contributed by atoms with Crippen LogP contribution in [0.4, 0.5) is 0 Å². The molecule has 2 N–H and O–H groups in total. The number of aromatic amines is 1. The van der Waals surface area contributed by atoms with Crippen molar-refractivity contribution in [3.8, 4) is 0 Å². The van der Waals surface area contributed by atoms with E-state index < -0.39 is 10.0 Å². The lowest BCUT2D eigenvalue weighted by Crippen LogP contribution is -2.37. The van der Waals surface area contributed by atoms with Gasteiger partial charge in [-0.15, -0.1) is 0 Å². The molecule has 0 unspecified atom stereocenters. The first-order valence-corrected chi connectivity index (χ1v) is 11.0. The Bertz CT molecular complexity index is 967. The topological polar surface area (TPSA) is 79.0 Å². The molecule has 2 aliphatic carbocycles. The van der Waals surface area contributed by atoms with Gasteiger partial charge in [-0.1, -0.05) is 6.92 Å². The molecule has 0 saturated heterocycles. The Morgan fingerprint density at radius 3 is 2.58 bits per heavy atom. The number of Topliss-reactive ketones (excluding diaryl/α,β-unsaturated/α-hetero) is 1. The highest BCUT2D eigenvalue weighted by atomic mass is 32.2. The smallest absolute Gasteiger partial charge is 0.241 e. The number of carbonyl (C=O) groups excluding carboxylic acids is 1. The number of sulfonamides is 1. The zero-order valence-corrected chi connectivity index (χ0v) is 16.2. The van der Waals surface area contributed by atoms with Gasteiger partial charge in [-0.2, -0.15) is 0 Å². The average Bonchev–Trinajstić information content (AvgIpc) is 2.95. The van der Waals surface area contributed by atoms with E-state index in [-0.39, 0.29) is 11.8 Å². The summed E-state index contributed by atoms with van der Waals surface area (Å²) in [5, 5.41) is 0.854. The molecule has 0 aliphatic heterocycles. The largest absolute Gasteiger partial charge is 0.358 e. The molecular formula is C20H26N2O3S. The summed E-state index contributed by atoms with van der Waals surface area (Å²) in [6.45, 7) is 4.03. The molecule has 5 nitrogen and oxygen atoms in total. The van der Waals surface area contributed by atoms with Crippen LogP contribution in [0.1, 0.15) is 67.1 Å². The molecule has 26 heavy (non-hydrogen) atoms. The molecule has 1 fully saturated rings. The second-order valence-corrected chi connectivity index (χ2v) is 9.68. The summed E-state index contributed by atoms with van der Waals surface area (Å²) in [5.74, 6) is 0.832. The highest BCUT2D eigenvalue weighted by molar-refractivity contribution is 7.89. The quantitative estimate of drug-likeness (QED) is 0.856. The van der Waals surface area contributed by atoms with Crippen LogP contribution in [0.15, 0.2) is 17.0 Å². The van der Waals surface area contributed by atoms with Gasteiger partial charge in [-0.3, -0.25) is 4.79 Å². The zero-order chi connectivity index (χ0) is 18.5. The van der Waals surface area contributed by atoms with Crippen molar-refractivity contribution >= 4 is 26.7 Å². The summed E-state index contributed by atoms with van der Waals surface area (Å²) in [4.78, 5) is 15.9. The molecule has 1 heterocycles. The van der Waals surface area contributed by atoms with E-state index in [0.717, 1.165) is 60.7 Å². The van der Waals surface area contributed by atoms with Crippen LogP contribution in [-0.2, 0) is 16.4 Å². The van der Waals surface area contributed by atoms with Gasteiger partial charge in [0.15, 0.2) is 5.78 Å². The van der Waals surface area contributed by atoms with E-state index in [1.807, 2.05) is 13.0 Å². The number of nitrogens with one attached hydrogen (secondary N) is 2. The SMILES string of the molecule is Cc1cc2c3c([nH]c2cc1S(=O)(=O)NC1CCC(C)CC1)CCCC3=O. The predicted molar refractivity (Wildman–Crippen MR) is 102 cm³/mol. The highest BCUT2D eigenvalue weighted by Crippen LogP contribution is 2.32. The fourth-order valence-corrected chi connectivity index (χ4v) is 5.95. The van der Waals surface area contributed by atoms with Crippen molar-refractivity contribution in [3.63, 3.8) is 0 Å². The molecule has 0 radical (unpaired) electrons. The first kappa shape index (κ1) is 17.7. The molecule has 1 aromatic carbocycles. The lowest BCUT2D eigenvalue weighted by Gasteiger charge is -2.27. The lowest BCUT2D eigenvalue weighted by molar-refractivity contribution is 0.0974. The predicted octanol–water partition coefficient (Wildman–Crippen LogP) is 3.85. The third-order valence-corrected chi connectivity index (χ3v) is 7.57. The van der Waals surface area contributed by atoms with Crippen molar-refractivity contribution in [2.75, 3.05) is 0 Å². The summed E-state index contributed by atoms with van der Waals surface area (Å²) >= 11 is 0. The van der Waals surface area contributed by atoms with Gasteiger partial charge in [-0.25, -0.2) is 13.1 Å². The van der Waals surface area contributed by atoms with Gasteiger partial charge in [0.05, 0.1) is 4.90 Å². The van der Waals surface area contributed by atoms with E-state index in [1.54, 1.807) is 6.07 Å². The van der Waals surface area contributed by atoms with E-state index in [0.29, 0.717) is 22.8 Å². The van der Waals surface area contributed by atoms with Gasteiger partial charge < -0.3 is 4.98 Å². The number of hydrogen-bond acceptors (Lipinski definition) is 3. The van der Waals surface area contributed by atoms with E-state index >= 15 is 0 Å². The molecule has 2 aromatic rings. The minimum absolute atomic E-state index is 0.0183. The first-order valence-electron chi connectivity index (χ1n) is 9.56. The minimum Gasteiger partial charge on any atom is -0.358 e. The Morgan fingerprint density at radius 2 is 1.85 bits per heavy atom. The van der Waals surface area contributed by atoms with Crippen LogP contribution in [0.2, 0.25) is 0 Å². The Hall–Kier alpha value is -1.66. The van der Waals surface area contributed by atoms with Gasteiger partial charge in [0.1, 0.15) is 0 Å². The van der Waals surface area contributed by atoms with Crippen molar-refractivity contribution in [2.45, 2.75) is 69.7 Å². The number of aromatic nitrogens is 1. The third-order valence-electron chi connectivity index (χ3n) is 5.91. The Kier molecular flexibility index (Phi) is 4.43. The standard InChI is InChI=1S/C20H26N2O3S/c1-12-6-8-14(9-7-12)22-26(24,25)19-11-17-15(10-13(19)2)20-16(21-17)4-3-5-18(20)23/h10-12,14,21-22H,3-9H2,1-2H3.